The van der Waals surface area contributed by atoms with Gasteiger partial charge in [0.2, 0.25) is 0 Å². The van der Waals surface area contributed by atoms with Gasteiger partial charge in [-0.3, -0.25) is 4.79 Å². The number of nitrogens with one attached hydrogen (secondary N) is 1. The second-order valence-electron chi connectivity index (χ2n) is 6.49. The highest BCUT2D eigenvalue weighted by atomic mass is 35.5. The minimum Gasteiger partial charge on any atom is -0.497 e. The van der Waals surface area contributed by atoms with Crippen molar-refractivity contribution < 1.29 is 4.74 Å². The molecule has 0 spiro atoms. The lowest BCUT2D eigenvalue weighted by Gasteiger charge is -2.06. The maximum Gasteiger partial charge on any atom is 0.260 e. The zero-order chi connectivity index (χ0) is 19.7. The Morgan fingerprint density at radius 1 is 1.18 bits per heavy atom. The predicted octanol–water partition coefficient (Wildman–Crippen LogP) is 5.47. The third kappa shape index (κ3) is 3.55. The maximum atomic E-state index is 13.0. The molecule has 0 bridgehead atoms. The van der Waals surface area contributed by atoms with Crippen LogP contribution in [0.1, 0.15) is 23.2 Å². The number of thiophene rings is 1. The van der Waals surface area contributed by atoms with Gasteiger partial charge in [-0.15, -0.1) is 11.3 Å². The number of methoxy groups -OCH3 is 1. The highest BCUT2D eigenvalue weighted by Crippen LogP contribution is 2.37. The molecule has 4 nitrogen and oxygen atoms in total. The van der Waals surface area contributed by atoms with Crippen molar-refractivity contribution in [2.24, 2.45) is 0 Å². The number of aryl methyl sites for hydroxylation is 1. The molecule has 2 heterocycles. The van der Waals surface area contributed by atoms with Crippen LogP contribution in [-0.2, 0) is 12.8 Å². The van der Waals surface area contributed by atoms with E-state index >= 15 is 0 Å². The van der Waals surface area contributed by atoms with Gasteiger partial charge in [-0.25, -0.2) is 4.98 Å². The van der Waals surface area contributed by atoms with Gasteiger partial charge in [0, 0.05) is 21.9 Å². The topological polar surface area (TPSA) is 55.0 Å². The smallest absolute Gasteiger partial charge is 0.260 e. The molecular weight excluding hydrogens is 392 g/mol. The number of ether oxygens (including phenoxy) is 1. The minimum atomic E-state index is -0.115. The van der Waals surface area contributed by atoms with E-state index in [2.05, 4.69) is 11.9 Å². The first-order valence-corrected chi connectivity index (χ1v) is 10.2. The summed E-state index contributed by atoms with van der Waals surface area (Å²) in [5.74, 6) is 1.40. The fourth-order valence-corrected chi connectivity index (χ4v) is 4.72. The van der Waals surface area contributed by atoms with E-state index in [0.717, 1.165) is 38.6 Å². The first-order valence-electron chi connectivity index (χ1n) is 9.02. The summed E-state index contributed by atoms with van der Waals surface area (Å²) in [5.41, 5.74) is 2.81. The third-order valence-electron chi connectivity index (χ3n) is 4.62. The number of benzene rings is 2. The van der Waals surface area contributed by atoms with Crippen molar-refractivity contribution in [2.45, 2.75) is 19.8 Å². The van der Waals surface area contributed by atoms with Gasteiger partial charge in [-0.05, 0) is 41.8 Å². The molecule has 0 aliphatic carbocycles. The van der Waals surface area contributed by atoms with Crippen LogP contribution in [0.15, 0.2) is 53.3 Å². The average molecular weight is 411 g/mol. The van der Waals surface area contributed by atoms with E-state index in [1.165, 1.54) is 0 Å². The Labute approximate surface area is 171 Å². The molecule has 4 rings (SSSR count). The Kier molecular flexibility index (Phi) is 5.20. The molecule has 28 heavy (non-hydrogen) atoms. The molecule has 0 aliphatic rings. The summed E-state index contributed by atoms with van der Waals surface area (Å²) in [6.45, 7) is 2.09. The van der Waals surface area contributed by atoms with Gasteiger partial charge in [0.15, 0.2) is 0 Å². The lowest BCUT2D eigenvalue weighted by Crippen LogP contribution is -2.11. The van der Waals surface area contributed by atoms with Gasteiger partial charge in [0.25, 0.3) is 5.56 Å². The molecule has 142 valence electrons. The van der Waals surface area contributed by atoms with Gasteiger partial charge in [0.05, 0.1) is 12.5 Å². The molecule has 2 aromatic heterocycles. The maximum absolute atomic E-state index is 13.0. The van der Waals surface area contributed by atoms with Crippen molar-refractivity contribution >= 4 is 33.2 Å². The summed E-state index contributed by atoms with van der Waals surface area (Å²) in [6, 6.07) is 15.4. The normalized spacial score (nSPS) is 11.1. The van der Waals surface area contributed by atoms with Crippen LogP contribution >= 0.6 is 22.9 Å². The molecule has 6 heteroatoms. The van der Waals surface area contributed by atoms with E-state index in [0.29, 0.717) is 22.7 Å². The number of aromatic amines is 1. The van der Waals surface area contributed by atoms with Gasteiger partial charge < -0.3 is 9.72 Å². The Morgan fingerprint density at radius 2 is 2.00 bits per heavy atom. The predicted molar refractivity (Wildman–Crippen MR) is 116 cm³/mol. The molecule has 0 atom stereocenters. The number of nitrogens with zero attached hydrogens (tertiary/aromatic N) is 1. The van der Waals surface area contributed by atoms with Crippen molar-refractivity contribution in [1.29, 1.82) is 0 Å². The second-order valence-corrected chi connectivity index (χ2v) is 8.01. The molecule has 2 aromatic carbocycles. The number of rotatable bonds is 5. The number of hydrogen-bond acceptors (Lipinski definition) is 4. The number of fused-ring (bicyclic) bond motifs is 1. The standard InChI is InChI=1S/C22H19ClN2O2S/c1-3-17-19(14-7-5-9-16(12-14)27-2)20-21(26)24-18(25-22(20)28-17)11-13-6-4-8-15(23)10-13/h4-10,12H,3,11H2,1-2H3,(H,24,25,26). The Balaban J connectivity index is 1.85. The van der Waals surface area contributed by atoms with E-state index < -0.39 is 0 Å². The molecule has 0 amide bonds. The first-order chi connectivity index (χ1) is 13.6. The number of H-pyrrole nitrogens is 1. The fourth-order valence-electron chi connectivity index (χ4n) is 3.36. The molecule has 1 N–H and O–H groups in total. The van der Waals surface area contributed by atoms with Crippen LogP contribution in [0.25, 0.3) is 21.3 Å². The van der Waals surface area contributed by atoms with Crippen molar-refractivity contribution in [2.75, 3.05) is 7.11 Å². The largest absolute Gasteiger partial charge is 0.497 e. The SMILES string of the molecule is CCc1sc2nc(Cc3cccc(Cl)c3)[nH]c(=O)c2c1-c1cccc(OC)c1. The van der Waals surface area contributed by atoms with Crippen LogP contribution in [0.4, 0.5) is 0 Å². The van der Waals surface area contributed by atoms with Crippen LogP contribution < -0.4 is 10.3 Å². The number of aromatic nitrogens is 2. The van der Waals surface area contributed by atoms with Gasteiger partial charge >= 0.3 is 0 Å². The highest BCUT2D eigenvalue weighted by Gasteiger charge is 2.18. The first kappa shape index (κ1) is 18.7. The molecule has 0 saturated carbocycles. The lowest BCUT2D eigenvalue weighted by molar-refractivity contribution is 0.415. The van der Waals surface area contributed by atoms with E-state index in [1.54, 1.807) is 18.4 Å². The van der Waals surface area contributed by atoms with Gasteiger partial charge in [-0.2, -0.15) is 0 Å². The Morgan fingerprint density at radius 3 is 2.75 bits per heavy atom. The van der Waals surface area contributed by atoms with Crippen molar-refractivity contribution in [1.82, 2.24) is 9.97 Å². The van der Waals surface area contributed by atoms with Crippen LogP contribution in [0.3, 0.4) is 0 Å². The molecule has 0 fully saturated rings. The second kappa shape index (κ2) is 7.78. The van der Waals surface area contributed by atoms with Crippen LogP contribution in [0.5, 0.6) is 5.75 Å². The van der Waals surface area contributed by atoms with Crippen molar-refractivity contribution in [3.8, 4) is 16.9 Å². The van der Waals surface area contributed by atoms with E-state index in [4.69, 9.17) is 21.3 Å². The minimum absolute atomic E-state index is 0.115. The summed E-state index contributed by atoms with van der Waals surface area (Å²) in [7, 11) is 1.64. The molecule has 4 aromatic rings. The van der Waals surface area contributed by atoms with E-state index in [9.17, 15) is 4.79 Å². The number of halogens is 1. The molecule has 0 saturated heterocycles. The lowest BCUT2D eigenvalue weighted by atomic mass is 10.0. The zero-order valence-electron chi connectivity index (χ0n) is 15.6. The summed E-state index contributed by atoms with van der Waals surface area (Å²) in [4.78, 5) is 22.6. The zero-order valence-corrected chi connectivity index (χ0v) is 17.2. The van der Waals surface area contributed by atoms with Gasteiger partial charge in [-0.1, -0.05) is 42.8 Å². The highest BCUT2D eigenvalue weighted by molar-refractivity contribution is 7.19. The van der Waals surface area contributed by atoms with Crippen molar-refractivity contribution in [3.63, 3.8) is 0 Å². The number of hydrogen-bond donors (Lipinski definition) is 1. The van der Waals surface area contributed by atoms with E-state index in [-0.39, 0.29) is 5.56 Å². The quantitative estimate of drug-likeness (QED) is 0.474. The summed E-state index contributed by atoms with van der Waals surface area (Å²) >= 11 is 7.65. The summed E-state index contributed by atoms with van der Waals surface area (Å²) in [6.07, 6.45) is 1.36. The van der Waals surface area contributed by atoms with Crippen molar-refractivity contribution in [3.05, 3.63) is 80.2 Å². The Bertz CT molecular complexity index is 1210. The molecule has 0 aliphatic heterocycles. The van der Waals surface area contributed by atoms with Gasteiger partial charge in [0.1, 0.15) is 16.4 Å². The fraction of sp³-hybridized carbons (Fsp3) is 0.182. The molecular formula is C22H19ClN2O2S. The van der Waals surface area contributed by atoms with Crippen LogP contribution in [-0.4, -0.2) is 17.1 Å². The Hall–Kier alpha value is -2.63. The van der Waals surface area contributed by atoms with Crippen LogP contribution in [0.2, 0.25) is 5.02 Å². The van der Waals surface area contributed by atoms with E-state index in [1.807, 2.05) is 48.5 Å². The third-order valence-corrected chi connectivity index (χ3v) is 6.09. The molecule has 0 unspecified atom stereocenters. The molecule has 0 radical (unpaired) electrons. The van der Waals surface area contributed by atoms with Crippen LogP contribution in [0, 0.1) is 0 Å². The monoisotopic (exact) mass is 410 g/mol. The summed E-state index contributed by atoms with van der Waals surface area (Å²) in [5, 5.41) is 1.32. The average Bonchev–Trinajstić information content (AvgIpc) is 3.07. The summed E-state index contributed by atoms with van der Waals surface area (Å²) < 4.78 is 5.35.